The number of benzene rings is 3. The molecule has 27 heavy (non-hydrogen) atoms. The highest BCUT2D eigenvalue weighted by molar-refractivity contribution is 6.05. The molecule has 0 aliphatic carbocycles. The maximum atomic E-state index is 6.06. The van der Waals surface area contributed by atoms with Crippen LogP contribution in [0.2, 0.25) is 0 Å². The Morgan fingerprint density at radius 3 is 2.30 bits per heavy atom. The molecule has 0 aliphatic rings. The molecule has 0 unspecified atom stereocenters. The molecular formula is C25H21NO. The third-order valence-corrected chi connectivity index (χ3v) is 5.23. The molecule has 5 rings (SSSR count). The van der Waals surface area contributed by atoms with Gasteiger partial charge in [0.05, 0.1) is 5.69 Å². The van der Waals surface area contributed by atoms with Gasteiger partial charge in [0, 0.05) is 28.6 Å². The highest BCUT2D eigenvalue weighted by atomic mass is 16.3. The third-order valence-electron chi connectivity index (χ3n) is 5.23. The quantitative estimate of drug-likeness (QED) is 0.322. The van der Waals surface area contributed by atoms with Crippen molar-refractivity contribution in [1.82, 2.24) is 4.98 Å². The van der Waals surface area contributed by atoms with Gasteiger partial charge in [0.1, 0.15) is 11.2 Å². The zero-order valence-electron chi connectivity index (χ0n) is 15.8. The number of para-hydroxylation sites is 1. The molecule has 2 heterocycles. The van der Waals surface area contributed by atoms with Crippen LogP contribution in [0.25, 0.3) is 44.0 Å². The second-order valence-corrected chi connectivity index (χ2v) is 8.16. The van der Waals surface area contributed by atoms with E-state index < -0.39 is 0 Å². The summed E-state index contributed by atoms with van der Waals surface area (Å²) in [6, 6.07) is 23.3. The largest absolute Gasteiger partial charge is 0.456 e. The minimum absolute atomic E-state index is 0.0546. The second kappa shape index (κ2) is 5.68. The van der Waals surface area contributed by atoms with Crippen LogP contribution in [-0.4, -0.2) is 4.98 Å². The van der Waals surface area contributed by atoms with E-state index in [0.717, 1.165) is 33.2 Å². The second-order valence-electron chi connectivity index (χ2n) is 8.16. The van der Waals surface area contributed by atoms with Crippen molar-refractivity contribution in [3.63, 3.8) is 0 Å². The van der Waals surface area contributed by atoms with E-state index in [1.807, 2.05) is 24.4 Å². The van der Waals surface area contributed by atoms with Crippen molar-refractivity contribution >= 4 is 32.7 Å². The summed E-state index contributed by atoms with van der Waals surface area (Å²) in [7, 11) is 0. The Bertz CT molecular complexity index is 1300. The van der Waals surface area contributed by atoms with Crippen LogP contribution >= 0.6 is 0 Å². The summed E-state index contributed by atoms with van der Waals surface area (Å²) in [6.45, 7) is 6.78. The fourth-order valence-electron chi connectivity index (χ4n) is 3.86. The Balaban J connectivity index is 1.76. The molecule has 0 aliphatic heterocycles. The number of hydrogen-bond acceptors (Lipinski definition) is 2. The van der Waals surface area contributed by atoms with Crippen molar-refractivity contribution in [2.75, 3.05) is 0 Å². The lowest BCUT2D eigenvalue weighted by molar-refractivity contribution is 0.596. The molecule has 0 N–H and O–H groups in total. The summed E-state index contributed by atoms with van der Waals surface area (Å²) in [6.07, 6.45) is 1.93. The number of fused-ring (bicyclic) bond motifs is 4. The number of furan rings is 1. The first-order valence-corrected chi connectivity index (χ1v) is 9.32. The van der Waals surface area contributed by atoms with Crippen molar-refractivity contribution in [1.29, 1.82) is 0 Å². The van der Waals surface area contributed by atoms with Crippen LogP contribution in [0.15, 0.2) is 77.3 Å². The van der Waals surface area contributed by atoms with E-state index in [4.69, 9.17) is 9.40 Å². The van der Waals surface area contributed by atoms with Crippen LogP contribution in [0, 0.1) is 0 Å². The third kappa shape index (κ3) is 2.60. The van der Waals surface area contributed by atoms with Crippen LogP contribution in [0.1, 0.15) is 26.3 Å². The Labute approximate surface area is 158 Å². The van der Waals surface area contributed by atoms with E-state index in [0.29, 0.717) is 0 Å². The lowest BCUT2D eigenvalue weighted by atomic mass is 9.82. The molecule has 2 aromatic heterocycles. The maximum absolute atomic E-state index is 6.06. The molecule has 132 valence electrons. The van der Waals surface area contributed by atoms with E-state index in [1.165, 1.54) is 16.3 Å². The SMILES string of the molecule is CC(C)(C)c1cc(-c2cc3oc4ccccc4c3cn2)cc2ccccc12. The summed E-state index contributed by atoms with van der Waals surface area (Å²) in [5, 5.41) is 4.72. The minimum atomic E-state index is 0.0546. The van der Waals surface area contributed by atoms with Crippen molar-refractivity contribution in [3.8, 4) is 11.3 Å². The summed E-state index contributed by atoms with van der Waals surface area (Å²) in [5.41, 5.74) is 5.24. The normalized spacial score (nSPS) is 12.3. The summed E-state index contributed by atoms with van der Waals surface area (Å²) >= 11 is 0. The molecule has 2 nitrogen and oxygen atoms in total. The number of aromatic nitrogens is 1. The number of rotatable bonds is 1. The molecular weight excluding hydrogens is 330 g/mol. The number of nitrogens with zero attached hydrogens (tertiary/aromatic N) is 1. The molecule has 0 amide bonds. The van der Waals surface area contributed by atoms with Gasteiger partial charge in [0.15, 0.2) is 0 Å². The highest BCUT2D eigenvalue weighted by Gasteiger charge is 2.19. The molecule has 0 saturated heterocycles. The zero-order chi connectivity index (χ0) is 18.6. The van der Waals surface area contributed by atoms with Crippen molar-refractivity contribution < 1.29 is 4.42 Å². The number of pyridine rings is 1. The maximum Gasteiger partial charge on any atom is 0.139 e. The van der Waals surface area contributed by atoms with Crippen LogP contribution in [0.3, 0.4) is 0 Å². The van der Waals surface area contributed by atoms with Crippen LogP contribution in [-0.2, 0) is 5.41 Å². The average Bonchev–Trinajstić information content (AvgIpc) is 3.04. The Morgan fingerprint density at radius 2 is 1.48 bits per heavy atom. The first-order valence-electron chi connectivity index (χ1n) is 9.32. The topological polar surface area (TPSA) is 26.0 Å². The summed E-state index contributed by atoms with van der Waals surface area (Å²) in [4.78, 5) is 4.77. The van der Waals surface area contributed by atoms with E-state index in [2.05, 4.69) is 69.3 Å². The lowest BCUT2D eigenvalue weighted by Crippen LogP contribution is -2.12. The molecule has 0 fully saturated rings. The summed E-state index contributed by atoms with van der Waals surface area (Å²) in [5.74, 6) is 0. The van der Waals surface area contributed by atoms with Crippen LogP contribution in [0.5, 0.6) is 0 Å². The van der Waals surface area contributed by atoms with Gasteiger partial charge >= 0.3 is 0 Å². The Morgan fingerprint density at radius 1 is 0.741 bits per heavy atom. The molecule has 0 bridgehead atoms. The highest BCUT2D eigenvalue weighted by Crippen LogP contribution is 2.36. The van der Waals surface area contributed by atoms with Gasteiger partial charge in [-0.3, -0.25) is 4.98 Å². The van der Waals surface area contributed by atoms with E-state index in [-0.39, 0.29) is 5.41 Å². The van der Waals surface area contributed by atoms with Crippen LogP contribution in [0.4, 0.5) is 0 Å². The van der Waals surface area contributed by atoms with E-state index in [9.17, 15) is 0 Å². The predicted molar refractivity (Wildman–Crippen MR) is 113 cm³/mol. The van der Waals surface area contributed by atoms with Crippen LogP contribution < -0.4 is 0 Å². The molecule has 0 radical (unpaired) electrons. The fourth-order valence-corrected chi connectivity index (χ4v) is 3.86. The average molecular weight is 351 g/mol. The molecule has 5 aromatic rings. The molecule has 2 heteroatoms. The minimum Gasteiger partial charge on any atom is -0.456 e. The van der Waals surface area contributed by atoms with Gasteiger partial charge in [-0.15, -0.1) is 0 Å². The smallest absolute Gasteiger partial charge is 0.139 e. The van der Waals surface area contributed by atoms with Gasteiger partial charge in [-0.25, -0.2) is 0 Å². The first kappa shape index (κ1) is 16.1. The van der Waals surface area contributed by atoms with Crippen molar-refractivity contribution in [2.24, 2.45) is 0 Å². The first-order chi connectivity index (χ1) is 13.0. The molecule has 0 saturated carbocycles. The van der Waals surface area contributed by atoms with Gasteiger partial charge in [0.2, 0.25) is 0 Å². The van der Waals surface area contributed by atoms with Gasteiger partial charge in [0.25, 0.3) is 0 Å². The van der Waals surface area contributed by atoms with E-state index in [1.54, 1.807) is 0 Å². The number of hydrogen-bond donors (Lipinski definition) is 0. The standard InChI is InChI=1S/C25H21NO/c1-25(2,3)21-13-17(12-16-8-4-5-9-18(16)21)22-14-24-20(15-26-22)19-10-6-7-11-23(19)27-24/h4-15H,1-3H3. The molecule has 0 spiro atoms. The van der Waals surface area contributed by atoms with Crippen molar-refractivity contribution in [2.45, 2.75) is 26.2 Å². The fraction of sp³-hybridized carbons (Fsp3) is 0.160. The van der Waals surface area contributed by atoms with Gasteiger partial charge < -0.3 is 4.42 Å². The van der Waals surface area contributed by atoms with E-state index >= 15 is 0 Å². The lowest BCUT2D eigenvalue weighted by Gasteiger charge is -2.22. The Kier molecular flexibility index (Phi) is 3.38. The van der Waals surface area contributed by atoms with Gasteiger partial charge in [-0.1, -0.05) is 63.2 Å². The van der Waals surface area contributed by atoms with Gasteiger partial charge in [-0.05, 0) is 39.9 Å². The monoisotopic (exact) mass is 351 g/mol. The predicted octanol–water partition coefficient (Wildman–Crippen LogP) is 7.10. The zero-order valence-corrected chi connectivity index (χ0v) is 15.8. The molecule has 0 atom stereocenters. The van der Waals surface area contributed by atoms with Crippen molar-refractivity contribution in [3.05, 3.63) is 78.5 Å². The molecule has 3 aromatic carbocycles. The van der Waals surface area contributed by atoms with Gasteiger partial charge in [-0.2, -0.15) is 0 Å². The summed E-state index contributed by atoms with van der Waals surface area (Å²) < 4.78 is 6.06. The Hall–Kier alpha value is -3.13.